The quantitative estimate of drug-likeness (QED) is 0.265. The number of nitrogens with zero attached hydrogens (tertiary/aromatic N) is 1. The first-order chi connectivity index (χ1) is 16.1. The SMILES string of the molecule is CC(=O)c1c(O)c(C)c(O)c2c1OC1=CC(=O)/C(=C(/C)Nc3ccc4nc[nH]c4c3)C(=O)C12C. The van der Waals surface area contributed by atoms with Gasteiger partial charge in [-0.1, -0.05) is 0 Å². The molecule has 9 nitrogen and oxygen atoms in total. The average molecular weight is 459 g/mol. The molecule has 1 unspecified atom stereocenters. The van der Waals surface area contributed by atoms with Gasteiger partial charge in [0.05, 0.1) is 28.5 Å². The maximum absolute atomic E-state index is 13.8. The minimum Gasteiger partial charge on any atom is -0.507 e. The zero-order chi connectivity index (χ0) is 24.5. The average Bonchev–Trinajstić information content (AvgIpc) is 3.34. The van der Waals surface area contributed by atoms with Crippen molar-refractivity contribution in [2.24, 2.45) is 0 Å². The highest BCUT2D eigenvalue weighted by Crippen LogP contribution is 2.57. The van der Waals surface area contributed by atoms with E-state index in [2.05, 4.69) is 15.3 Å². The minimum atomic E-state index is -1.55. The van der Waals surface area contributed by atoms with Crippen molar-refractivity contribution in [1.29, 1.82) is 0 Å². The van der Waals surface area contributed by atoms with Crippen LogP contribution in [-0.2, 0) is 15.0 Å². The van der Waals surface area contributed by atoms with Crippen LogP contribution >= 0.6 is 0 Å². The molecule has 172 valence electrons. The number of fused-ring (bicyclic) bond motifs is 4. The van der Waals surface area contributed by atoms with Crippen LogP contribution in [0.3, 0.4) is 0 Å². The number of aromatic amines is 1. The van der Waals surface area contributed by atoms with E-state index in [9.17, 15) is 24.6 Å². The third-order valence-electron chi connectivity index (χ3n) is 6.51. The number of carbonyl (C=O) groups excluding carboxylic acids is 3. The molecule has 4 N–H and O–H groups in total. The molecule has 0 fully saturated rings. The third kappa shape index (κ3) is 2.73. The van der Waals surface area contributed by atoms with E-state index in [1.165, 1.54) is 26.8 Å². The summed E-state index contributed by atoms with van der Waals surface area (Å²) < 4.78 is 5.77. The Morgan fingerprint density at radius 1 is 1.18 bits per heavy atom. The van der Waals surface area contributed by atoms with E-state index >= 15 is 0 Å². The zero-order valence-electron chi connectivity index (χ0n) is 18.9. The maximum atomic E-state index is 13.8. The Hall–Kier alpha value is -4.40. The Morgan fingerprint density at radius 2 is 1.91 bits per heavy atom. The van der Waals surface area contributed by atoms with E-state index in [-0.39, 0.29) is 39.5 Å². The van der Waals surface area contributed by atoms with Crippen LogP contribution in [0.25, 0.3) is 11.0 Å². The molecule has 0 amide bonds. The molecule has 1 aromatic heterocycles. The predicted octanol–water partition coefficient (Wildman–Crippen LogP) is 3.56. The van der Waals surface area contributed by atoms with Crippen LogP contribution < -0.4 is 10.1 Å². The molecular formula is C25H21N3O6. The van der Waals surface area contributed by atoms with E-state index in [1.54, 1.807) is 31.5 Å². The first-order valence-corrected chi connectivity index (χ1v) is 10.6. The first-order valence-electron chi connectivity index (χ1n) is 10.6. The fraction of sp³-hybridized carbons (Fsp3) is 0.200. The molecule has 0 saturated heterocycles. The van der Waals surface area contributed by atoms with Crippen LogP contribution in [0.1, 0.15) is 42.3 Å². The van der Waals surface area contributed by atoms with Crippen LogP contribution in [0, 0.1) is 6.92 Å². The number of aromatic nitrogens is 2. The van der Waals surface area contributed by atoms with Gasteiger partial charge in [0.15, 0.2) is 17.3 Å². The monoisotopic (exact) mass is 459 g/mol. The summed E-state index contributed by atoms with van der Waals surface area (Å²) in [5.41, 5.74) is 0.838. The van der Waals surface area contributed by atoms with Crippen LogP contribution in [0.2, 0.25) is 0 Å². The second-order valence-corrected chi connectivity index (χ2v) is 8.65. The number of carbonyl (C=O) groups is 3. The van der Waals surface area contributed by atoms with Crippen molar-refractivity contribution in [3.8, 4) is 17.2 Å². The molecule has 5 rings (SSSR count). The summed E-state index contributed by atoms with van der Waals surface area (Å²) in [7, 11) is 0. The highest BCUT2D eigenvalue weighted by Gasteiger charge is 2.56. The van der Waals surface area contributed by atoms with Crippen LogP contribution in [-0.4, -0.2) is 37.5 Å². The molecule has 2 heterocycles. The Morgan fingerprint density at radius 3 is 2.62 bits per heavy atom. The van der Waals surface area contributed by atoms with Gasteiger partial charge < -0.3 is 25.3 Å². The number of benzene rings is 2. The van der Waals surface area contributed by atoms with Gasteiger partial charge in [0.2, 0.25) is 0 Å². The minimum absolute atomic E-state index is 0.00395. The van der Waals surface area contributed by atoms with Crippen molar-refractivity contribution < 1.29 is 29.3 Å². The number of nitrogens with one attached hydrogen (secondary N) is 2. The Kier molecular flexibility index (Phi) is 4.45. The van der Waals surface area contributed by atoms with Gasteiger partial charge in [0, 0.05) is 23.0 Å². The molecule has 0 bridgehead atoms. The molecule has 0 saturated carbocycles. The summed E-state index contributed by atoms with van der Waals surface area (Å²) in [6, 6.07) is 5.38. The van der Waals surface area contributed by atoms with E-state index < -0.39 is 28.5 Å². The molecule has 0 radical (unpaired) electrons. The number of hydrogen-bond acceptors (Lipinski definition) is 8. The number of ether oxygens (including phenoxy) is 1. The molecule has 2 aromatic carbocycles. The Balaban J connectivity index is 1.66. The number of H-pyrrole nitrogens is 1. The van der Waals surface area contributed by atoms with E-state index in [0.717, 1.165) is 11.0 Å². The van der Waals surface area contributed by atoms with Gasteiger partial charge in [0.1, 0.15) is 34.0 Å². The lowest BCUT2D eigenvalue weighted by atomic mass is 9.70. The number of anilines is 1. The number of phenolic OH excluding ortho intramolecular Hbond substituents is 2. The van der Waals surface area contributed by atoms with Crippen LogP contribution in [0.4, 0.5) is 5.69 Å². The molecule has 0 spiro atoms. The lowest BCUT2D eigenvalue weighted by Gasteiger charge is -2.29. The van der Waals surface area contributed by atoms with Crippen molar-refractivity contribution in [2.45, 2.75) is 33.1 Å². The predicted molar refractivity (Wildman–Crippen MR) is 123 cm³/mol. The van der Waals surface area contributed by atoms with Gasteiger partial charge in [-0.05, 0) is 45.9 Å². The fourth-order valence-corrected chi connectivity index (χ4v) is 4.65. The number of phenols is 2. The lowest BCUT2D eigenvalue weighted by Crippen LogP contribution is -2.40. The fourth-order valence-electron chi connectivity index (χ4n) is 4.65. The van der Waals surface area contributed by atoms with Crippen molar-refractivity contribution in [1.82, 2.24) is 9.97 Å². The maximum Gasteiger partial charge on any atom is 0.194 e. The summed E-state index contributed by atoms with van der Waals surface area (Å²) in [6.45, 7) is 5.83. The number of ketones is 3. The third-order valence-corrected chi connectivity index (χ3v) is 6.51. The van der Waals surface area contributed by atoms with Crippen LogP contribution in [0.15, 0.2) is 47.6 Å². The number of Topliss-reactive ketones (excluding diaryl/α,β-unsaturated/α-hetero) is 2. The smallest absolute Gasteiger partial charge is 0.194 e. The molecule has 2 aliphatic rings. The molecular weight excluding hydrogens is 438 g/mol. The molecule has 3 aromatic rings. The second-order valence-electron chi connectivity index (χ2n) is 8.65. The summed E-state index contributed by atoms with van der Waals surface area (Å²) in [5, 5.41) is 24.4. The number of hydrogen-bond donors (Lipinski definition) is 4. The standard InChI is InChI=1S/C25H21N3O6/c1-10-21(31)19(12(3)29)23-20(22(10)32)25(4)17(34-23)8-16(30)18(24(25)33)11(2)28-13-5-6-14-15(7-13)27-9-26-14/h5-9,28,31-32H,1-4H3,(H,26,27)/b18-11+. The zero-order valence-corrected chi connectivity index (χ0v) is 18.9. The Labute approximate surface area is 193 Å². The van der Waals surface area contributed by atoms with Gasteiger partial charge in [0.25, 0.3) is 0 Å². The van der Waals surface area contributed by atoms with Crippen LogP contribution in [0.5, 0.6) is 17.2 Å². The summed E-state index contributed by atoms with van der Waals surface area (Å²) in [6.07, 6.45) is 2.76. The van der Waals surface area contributed by atoms with Gasteiger partial charge >= 0.3 is 0 Å². The normalized spacial score (nSPS) is 20.5. The molecule has 34 heavy (non-hydrogen) atoms. The lowest BCUT2D eigenvalue weighted by molar-refractivity contribution is -0.123. The first kappa shape index (κ1) is 21.4. The summed E-state index contributed by atoms with van der Waals surface area (Å²) in [5.74, 6) is -2.55. The molecule has 9 heteroatoms. The van der Waals surface area contributed by atoms with Gasteiger partial charge in [-0.2, -0.15) is 0 Å². The highest BCUT2D eigenvalue weighted by atomic mass is 16.5. The summed E-state index contributed by atoms with van der Waals surface area (Å²) in [4.78, 5) is 46.3. The largest absolute Gasteiger partial charge is 0.507 e. The van der Waals surface area contributed by atoms with E-state index in [4.69, 9.17) is 4.74 Å². The van der Waals surface area contributed by atoms with E-state index in [0.29, 0.717) is 11.4 Å². The second kappa shape index (κ2) is 7.05. The van der Waals surface area contributed by atoms with E-state index in [1.807, 2.05) is 0 Å². The van der Waals surface area contributed by atoms with Crippen molar-refractivity contribution in [3.05, 3.63) is 64.3 Å². The number of rotatable bonds is 3. The number of imidazole rings is 1. The highest BCUT2D eigenvalue weighted by molar-refractivity contribution is 6.31. The molecule has 1 aliphatic carbocycles. The number of aromatic hydroxyl groups is 2. The van der Waals surface area contributed by atoms with Crippen molar-refractivity contribution in [3.63, 3.8) is 0 Å². The van der Waals surface area contributed by atoms with Gasteiger partial charge in [-0.15, -0.1) is 0 Å². The number of allylic oxidation sites excluding steroid dienone is 4. The summed E-state index contributed by atoms with van der Waals surface area (Å²) >= 11 is 0. The molecule has 1 aliphatic heterocycles. The Bertz CT molecular complexity index is 1530. The van der Waals surface area contributed by atoms with Gasteiger partial charge in [-0.25, -0.2) is 4.98 Å². The van der Waals surface area contributed by atoms with Gasteiger partial charge in [-0.3, -0.25) is 14.4 Å². The van der Waals surface area contributed by atoms with Crippen molar-refractivity contribution in [2.75, 3.05) is 5.32 Å². The topological polar surface area (TPSA) is 142 Å². The van der Waals surface area contributed by atoms with Crippen molar-refractivity contribution >= 4 is 34.1 Å². The molecule has 1 atom stereocenters.